The van der Waals surface area contributed by atoms with Gasteiger partial charge in [-0.05, 0) is 29.6 Å². The van der Waals surface area contributed by atoms with Crippen LogP contribution in [0.15, 0.2) is 11.8 Å². The van der Waals surface area contributed by atoms with Gasteiger partial charge in [0.1, 0.15) is 0 Å². The van der Waals surface area contributed by atoms with Crippen LogP contribution in [0.4, 0.5) is 0 Å². The Morgan fingerprint density at radius 1 is 1.25 bits per heavy atom. The molecule has 0 bridgehead atoms. The van der Waals surface area contributed by atoms with Gasteiger partial charge < -0.3 is 4.74 Å². The van der Waals surface area contributed by atoms with Gasteiger partial charge in [-0.3, -0.25) is 0 Å². The number of ether oxygens (including phenoxy) is 1. The third kappa shape index (κ3) is 5.08. The van der Waals surface area contributed by atoms with Crippen molar-refractivity contribution >= 4 is 16.2 Å². The predicted molar refractivity (Wildman–Crippen MR) is 90.8 cm³/mol. The van der Waals surface area contributed by atoms with Gasteiger partial charge >= 0.3 is 5.97 Å². The molecule has 1 atom stereocenters. The lowest BCUT2D eigenvalue weighted by Crippen LogP contribution is -2.40. The molecule has 3 heteroatoms. The first-order chi connectivity index (χ1) is 9.17. The third-order valence-electron chi connectivity index (χ3n) is 5.04. The highest BCUT2D eigenvalue weighted by molar-refractivity contribution is 6.34. The monoisotopic (exact) mass is 298 g/mol. The van der Waals surface area contributed by atoms with Crippen LogP contribution in [0.25, 0.3) is 0 Å². The van der Waals surface area contributed by atoms with Crippen molar-refractivity contribution in [2.75, 3.05) is 6.61 Å². The van der Waals surface area contributed by atoms with Crippen LogP contribution in [-0.2, 0) is 9.53 Å². The van der Waals surface area contributed by atoms with Gasteiger partial charge in [0, 0.05) is 15.4 Å². The van der Waals surface area contributed by atoms with Crippen LogP contribution in [0.3, 0.4) is 0 Å². The number of carbonyl (C=O) groups is 1. The summed E-state index contributed by atoms with van der Waals surface area (Å²) in [5, 5.41) is 0.620. The van der Waals surface area contributed by atoms with Crippen LogP contribution in [0.5, 0.6) is 0 Å². The molecular formula is C17H34O2Si. The van der Waals surface area contributed by atoms with E-state index in [0.29, 0.717) is 39.8 Å². The molecule has 0 N–H and O–H groups in total. The van der Waals surface area contributed by atoms with Gasteiger partial charge in [-0.15, -0.1) is 0 Å². The highest BCUT2D eigenvalue weighted by Crippen LogP contribution is 2.44. The van der Waals surface area contributed by atoms with Crippen LogP contribution in [0.2, 0.25) is 0 Å². The van der Waals surface area contributed by atoms with Gasteiger partial charge in [0.25, 0.3) is 0 Å². The summed E-state index contributed by atoms with van der Waals surface area (Å²) >= 11 is 0. The fraction of sp³-hybridized carbons (Fsp3) is 0.824. The number of carbonyl (C=O) groups excluding carboxylic acids is 1. The van der Waals surface area contributed by atoms with Crippen molar-refractivity contribution in [2.45, 2.75) is 60.8 Å². The summed E-state index contributed by atoms with van der Waals surface area (Å²) in [7, 11) is 0.680. The SMILES string of the molecule is C=C([SiH3])C(=O)OCC(CCCC)C(C)(C(C)C)C(C)C. The first-order valence-electron chi connectivity index (χ1n) is 8.00. The molecule has 118 valence electrons. The van der Waals surface area contributed by atoms with Crippen LogP contribution in [-0.4, -0.2) is 22.8 Å². The molecule has 0 fully saturated rings. The molecule has 0 saturated heterocycles. The van der Waals surface area contributed by atoms with Gasteiger partial charge in [-0.25, -0.2) is 4.79 Å². The van der Waals surface area contributed by atoms with Crippen molar-refractivity contribution < 1.29 is 9.53 Å². The first kappa shape index (κ1) is 19.4. The van der Waals surface area contributed by atoms with Gasteiger partial charge in [-0.1, -0.05) is 61.0 Å². The topological polar surface area (TPSA) is 26.3 Å². The van der Waals surface area contributed by atoms with Crippen molar-refractivity contribution in [3.63, 3.8) is 0 Å². The largest absolute Gasteiger partial charge is 0.462 e. The Kier molecular flexibility index (Phi) is 8.41. The molecule has 0 aromatic heterocycles. The van der Waals surface area contributed by atoms with E-state index in [9.17, 15) is 4.79 Å². The third-order valence-corrected chi connectivity index (χ3v) is 5.45. The van der Waals surface area contributed by atoms with E-state index in [4.69, 9.17) is 4.74 Å². The maximum absolute atomic E-state index is 11.7. The fourth-order valence-electron chi connectivity index (χ4n) is 2.93. The smallest absolute Gasteiger partial charge is 0.328 e. The van der Waals surface area contributed by atoms with E-state index in [0.717, 1.165) is 6.42 Å². The van der Waals surface area contributed by atoms with Crippen molar-refractivity contribution in [2.24, 2.45) is 23.2 Å². The first-order valence-corrected chi connectivity index (χ1v) is 9.00. The summed E-state index contributed by atoms with van der Waals surface area (Å²) in [6.45, 7) is 18.0. The summed E-state index contributed by atoms with van der Waals surface area (Å²) in [5.41, 5.74) is 0.196. The van der Waals surface area contributed by atoms with Gasteiger partial charge in [0.2, 0.25) is 0 Å². The Labute approximate surface area is 128 Å². The molecule has 0 aliphatic carbocycles. The molecule has 0 saturated carbocycles. The summed E-state index contributed by atoms with van der Waals surface area (Å²) in [4.78, 5) is 11.7. The molecule has 0 aromatic carbocycles. The van der Waals surface area contributed by atoms with Crippen molar-refractivity contribution in [1.82, 2.24) is 0 Å². The molecule has 1 unspecified atom stereocenters. The summed E-state index contributed by atoms with van der Waals surface area (Å²) in [5.74, 6) is 1.37. The zero-order chi connectivity index (χ0) is 15.9. The molecule has 0 heterocycles. The van der Waals surface area contributed by atoms with Gasteiger partial charge in [-0.2, -0.15) is 0 Å². The highest BCUT2D eigenvalue weighted by atomic mass is 28.1. The number of unbranched alkanes of at least 4 members (excludes halogenated alkanes) is 1. The summed E-state index contributed by atoms with van der Waals surface area (Å²) < 4.78 is 5.51. The summed E-state index contributed by atoms with van der Waals surface area (Å²) in [6.07, 6.45) is 3.51. The number of rotatable bonds is 9. The molecule has 0 spiro atoms. The lowest BCUT2D eigenvalue weighted by Gasteiger charge is -2.44. The Hall–Kier alpha value is -0.573. The van der Waals surface area contributed by atoms with E-state index in [1.807, 2.05) is 0 Å². The van der Waals surface area contributed by atoms with Crippen LogP contribution < -0.4 is 0 Å². The fourth-order valence-corrected chi connectivity index (χ4v) is 3.08. The second-order valence-corrected chi connectivity index (χ2v) is 8.10. The number of esters is 1. The Morgan fingerprint density at radius 3 is 2.10 bits per heavy atom. The van der Waals surface area contributed by atoms with E-state index < -0.39 is 0 Å². The van der Waals surface area contributed by atoms with Crippen LogP contribution in [0.1, 0.15) is 60.8 Å². The Bertz CT molecular complexity index is 313. The molecule has 0 aliphatic rings. The Balaban J connectivity index is 5.01. The average Bonchev–Trinajstić information content (AvgIpc) is 2.36. The quantitative estimate of drug-likeness (QED) is 0.370. The minimum Gasteiger partial charge on any atom is -0.462 e. The van der Waals surface area contributed by atoms with E-state index in [1.54, 1.807) is 0 Å². The van der Waals surface area contributed by atoms with Crippen LogP contribution in [0, 0.1) is 23.2 Å². The van der Waals surface area contributed by atoms with E-state index in [1.165, 1.54) is 12.8 Å². The molecule has 0 radical (unpaired) electrons. The minimum atomic E-state index is -0.201. The maximum Gasteiger partial charge on any atom is 0.328 e. The standard InChI is InChI=1S/C17H34O2Si/c1-8-9-10-15(11-19-16(18)14(6)20)17(7,12(2)3)13(4)5/h12-13,15H,6,8-11H2,1-5,7,20H3. The maximum atomic E-state index is 11.7. The minimum absolute atomic E-state index is 0.196. The van der Waals surface area contributed by atoms with Gasteiger partial charge in [0.15, 0.2) is 0 Å². The van der Waals surface area contributed by atoms with E-state index in [2.05, 4.69) is 48.1 Å². The Morgan fingerprint density at radius 2 is 1.75 bits per heavy atom. The predicted octanol–water partition coefficient (Wildman–Crippen LogP) is 3.53. The second kappa shape index (κ2) is 8.66. The average molecular weight is 299 g/mol. The van der Waals surface area contributed by atoms with Crippen LogP contribution >= 0.6 is 0 Å². The molecule has 0 amide bonds. The lowest BCUT2D eigenvalue weighted by molar-refractivity contribution is -0.142. The van der Waals surface area contributed by atoms with E-state index in [-0.39, 0.29) is 11.4 Å². The number of hydrogen-bond acceptors (Lipinski definition) is 2. The normalized spacial score (nSPS) is 13.8. The van der Waals surface area contributed by atoms with E-state index >= 15 is 0 Å². The molecule has 0 aliphatic heterocycles. The molecule has 2 nitrogen and oxygen atoms in total. The molecule has 0 rings (SSSR count). The molecular weight excluding hydrogens is 264 g/mol. The lowest BCUT2D eigenvalue weighted by atomic mass is 9.61. The van der Waals surface area contributed by atoms with Gasteiger partial charge in [0.05, 0.1) is 6.61 Å². The number of hydrogen-bond donors (Lipinski definition) is 0. The zero-order valence-corrected chi connectivity index (χ0v) is 16.6. The second-order valence-electron chi connectivity index (χ2n) is 6.89. The molecule has 20 heavy (non-hydrogen) atoms. The van der Waals surface area contributed by atoms with Crippen molar-refractivity contribution in [3.8, 4) is 0 Å². The summed E-state index contributed by atoms with van der Waals surface area (Å²) in [6, 6.07) is 0. The zero-order valence-electron chi connectivity index (χ0n) is 14.6. The highest BCUT2D eigenvalue weighted by Gasteiger charge is 2.40. The van der Waals surface area contributed by atoms with Crippen molar-refractivity contribution in [3.05, 3.63) is 11.8 Å². The molecule has 0 aromatic rings. The van der Waals surface area contributed by atoms with Crippen molar-refractivity contribution in [1.29, 1.82) is 0 Å².